The van der Waals surface area contributed by atoms with E-state index in [4.69, 9.17) is 5.73 Å². The van der Waals surface area contributed by atoms with E-state index in [0.29, 0.717) is 0 Å². The van der Waals surface area contributed by atoms with Gasteiger partial charge in [0.25, 0.3) is 0 Å². The zero-order chi connectivity index (χ0) is 13.3. The first-order chi connectivity index (χ1) is 8.91. The third-order valence-electron chi connectivity index (χ3n) is 3.47. The fourth-order valence-electron chi connectivity index (χ4n) is 2.22. The Morgan fingerprint density at radius 1 is 0.611 bits per heavy atom. The average molecular weight is 253 g/mol. The highest BCUT2D eigenvalue weighted by atomic mass is 14.5. The Morgan fingerprint density at radius 3 is 1.56 bits per heavy atom. The second kappa shape index (κ2) is 16.7. The van der Waals surface area contributed by atoms with E-state index in [-0.39, 0.29) is 0 Å². The van der Waals surface area contributed by atoms with Gasteiger partial charge in [0.15, 0.2) is 0 Å². The van der Waals surface area contributed by atoms with E-state index in [2.05, 4.69) is 19.1 Å². The van der Waals surface area contributed by atoms with Gasteiger partial charge in [0.05, 0.1) is 0 Å². The topological polar surface area (TPSA) is 26.0 Å². The zero-order valence-electron chi connectivity index (χ0n) is 12.6. The number of hydrogen-bond acceptors (Lipinski definition) is 1. The summed E-state index contributed by atoms with van der Waals surface area (Å²) in [4.78, 5) is 0. The zero-order valence-corrected chi connectivity index (χ0v) is 12.6. The molecular weight excluding hydrogens is 218 g/mol. The van der Waals surface area contributed by atoms with Crippen LogP contribution in [-0.2, 0) is 0 Å². The molecule has 0 aliphatic heterocycles. The van der Waals surface area contributed by atoms with Crippen molar-refractivity contribution in [3.05, 3.63) is 12.2 Å². The Morgan fingerprint density at radius 2 is 1.06 bits per heavy atom. The van der Waals surface area contributed by atoms with E-state index in [1.165, 1.54) is 83.5 Å². The molecule has 0 spiro atoms. The molecule has 1 nitrogen and oxygen atoms in total. The van der Waals surface area contributed by atoms with E-state index in [0.717, 1.165) is 6.54 Å². The molecule has 2 N–H and O–H groups in total. The van der Waals surface area contributed by atoms with Crippen molar-refractivity contribution >= 4 is 0 Å². The molecule has 0 saturated carbocycles. The Labute approximate surface area is 115 Å². The third kappa shape index (κ3) is 15.7. The maximum atomic E-state index is 5.47. The predicted molar refractivity (Wildman–Crippen MR) is 83.9 cm³/mol. The Hall–Kier alpha value is -0.300. The molecule has 1 heteroatoms. The second-order valence-corrected chi connectivity index (χ2v) is 5.37. The molecule has 0 aromatic rings. The Balaban J connectivity index is 2.99. The lowest BCUT2D eigenvalue weighted by atomic mass is 10.1. The molecule has 0 heterocycles. The van der Waals surface area contributed by atoms with E-state index < -0.39 is 0 Å². The average Bonchev–Trinajstić information content (AvgIpc) is 2.39. The summed E-state index contributed by atoms with van der Waals surface area (Å²) >= 11 is 0. The van der Waals surface area contributed by atoms with E-state index >= 15 is 0 Å². The maximum Gasteiger partial charge on any atom is -0.00773 e. The number of rotatable bonds is 14. The van der Waals surface area contributed by atoms with Gasteiger partial charge in [0.1, 0.15) is 0 Å². The van der Waals surface area contributed by atoms with Crippen molar-refractivity contribution in [3.63, 3.8) is 0 Å². The molecule has 0 saturated heterocycles. The molecule has 0 rings (SSSR count). The molecule has 0 fully saturated rings. The Bertz CT molecular complexity index is 163. The normalized spacial score (nSPS) is 11.4. The van der Waals surface area contributed by atoms with Crippen molar-refractivity contribution in [3.8, 4) is 0 Å². The van der Waals surface area contributed by atoms with Crippen LogP contribution in [0.3, 0.4) is 0 Å². The molecule has 18 heavy (non-hydrogen) atoms. The highest BCUT2D eigenvalue weighted by molar-refractivity contribution is 4.81. The summed E-state index contributed by atoms with van der Waals surface area (Å²) in [6, 6.07) is 0. The van der Waals surface area contributed by atoms with Crippen LogP contribution in [0.2, 0.25) is 0 Å². The minimum atomic E-state index is 0.864. The minimum Gasteiger partial charge on any atom is -0.330 e. The monoisotopic (exact) mass is 253 g/mol. The standard InChI is InChI=1S/C17H35N/c1-2-3-4-5-6-7-8-9-10-11-12-13-14-15-16-17-18/h7-8H,2-6,9-18H2,1H3/b8-7+. The summed E-state index contributed by atoms with van der Waals surface area (Å²) in [7, 11) is 0. The lowest BCUT2D eigenvalue weighted by Crippen LogP contribution is -1.97. The summed E-state index contributed by atoms with van der Waals surface area (Å²) in [5.74, 6) is 0. The molecule has 0 unspecified atom stereocenters. The van der Waals surface area contributed by atoms with Crippen molar-refractivity contribution in [2.75, 3.05) is 6.54 Å². The second-order valence-electron chi connectivity index (χ2n) is 5.37. The first-order valence-electron chi connectivity index (χ1n) is 8.27. The van der Waals surface area contributed by atoms with Gasteiger partial charge in [0, 0.05) is 0 Å². The minimum absolute atomic E-state index is 0.864. The number of nitrogens with two attached hydrogens (primary N) is 1. The summed E-state index contributed by atoms with van der Waals surface area (Å²) in [5.41, 5.74) is 5.47. The summed E-state index contributed by atoms with van der Waals surface area (Å²) in [6.45, 7) is 3.13. The van der Waals surface area contributed by atoms with Gasteiger partial charge >= 0.3 is 0 Å². The van der Waals surface area contributed by atoms with E-state index in [9.17, 15) is 0 Å². The van der Waals surface area contributed by atoms with Crippen LogP contribution in [0.5, 0.6) is 0 Å². The van der Waals surface area contributed by atoms with Gasteiger partial charge in [-0.05, 0) is 38.6 Å². The summed E-state index contributed by atoms with van der Waals surface area (Å²) in [5, 5.41) is 0. The number of hydrogen-bond donors (Lipinski definition) is 1. The fourth-order valence-corrected chi connectivity index (χ4v) is 2.22. The van der Waals surface area contributed by atoms with E-state index in [1.54, 1.807) is 0 Å². The molecule has 0 aromatic heterocycles. The van der Waals surface area contributed by atoms with Crippen molar-refractivity contribution in [1.82, 2.24) is 0 Å². The molecule has 0 radical (unpaired) electrons. The van der Waals surface area contributed by atoms with Gasteiger partial charge in [-0.1, -0.05) is 70.4 Å². The largest absolute Gasteiger partial charge is 0.330 e. The van der Waals surface area contributed by atoms with Gasteiger partial charge in [-0.2, -0.15) is 0 Å². The van der Waals surface area contributed by atoms with Crippen LogP contribution in [0, 0.1) is 0 Å². The highest BCUT2D eigenvalue weighted by Gasteiger charge is 1.90. The number of unbranched alkanes of at least 4 members (excludes halogenated alkanes) is 11. The predicted octanol–water partition coefficient (Wildman–Crippen LogP) is 5.59. The quantitative estimate of drug-likeness (QED) is 0.317. The lowest BCUT2D eigenvalue weighted by Gasteiger charge is -2.00. The SMILES string of the molecule is CCCCCC/C=C/CCCCCCCCCN. The van der Waals surface area contributed by atoms with Gasteiger partial charge < -0.3 is 5.73 Å². The van der Waals surface area contributed by atoms with Crippen LogP contribution in [0.15, 0.2) is 12.2 Å². The molecular formula is C17H35N. The van der Waals surface area contributed by atoms with Gasteiger partial charge in [0.2, 0.25) is 0 Å². The van der Waals surface area contributed by atoms with Crippen LogP contribution >= 0.6 is 0 Å². The van der Waals surface area contributed by atoms with Crippen LogP contribution in [0.4, 0.5) is 0 Å². The third-order valence-corrected chi connectivity index (χ3v) is 3.47. The van der Waals surface area contributed by atoms with Crippen LogP contribution in [0.25, 0.3) is 0 Å². The number of allylic oxidation sites excluding steroid dienone is 2. The smallest absolute Gasteiger partial charge is 0.00773 e. The van der Waals surface area contributed by atoms with Crippen LogP contribution in [0.1, 0.15) is 90.4 Å². The maximum absolute atomic E-state index is 5.47. The molecule has 0 aliphatic rings. The molecule has 0 atom stereocenters. The van der Waals surface area contributed by atoms with Crippen molar-refractivity contribution in [2.45, 2.75) is 90.4 Å². The first-order valence-corrected chi connectivity index (χ1v) is 8.27. The summed E-state index contributed by atoms with van der Waals surface area (Å²) in [6.07, 6.45) is 22.4. The fraction of sp³-hybridized carbons (Fsp3) is 0.882. The molecule has 0 amide bonds. The Kier molecular flexibility index (Phi) is 16.4. The van der Waals surface area contributed by atoms with Crippen molar-refractivity contribution in [2.24, 2.45) is 5.73 Å². The van der Waals surface area contributed by atoms with E-state index in [1.807, 2.05) is 0 Å². The van der Waals surface area contributed by atoms with Gasteiger partial charge in [-0.15, -0.1) is 0 Å². The van der Waals surface area contributed by atoms with Gasteiger partial charge in [-0.3, -0.25) is 0 Å². The highest BCUT2D eigenvalue weighted by Crippen LogP contribution is 2.09. The van der Waals surface area contributed by atoms with Crippen molar-refractivity contribution in [1.29, 1.82) is 0 Å². The summed E-state index contributed by atoms with van der Waals surface area (Å²) < 4.78 is 0. The lowest BCUT2D eigenvalue weighted by molar-refractivity contribution is 0.584. The van der Waals surface area contributed by atoms with Crippen molar-refractivity contribution < 1.29 is 0 Å². The molecule has 0 bridgehead atoms. The first kappa shape index (κ1) is 17.7. The molecule has 0 aromatic carbocycles. The van der Waals surface area contributed by atoms with Crippen LogP contribution in [-0.4, -0.2) is 6.54 Å². The van der Waals surface area contributed by atoms with Crippen LogP contribution < -0.4 is 5.73 Å². The molecule has 0 aliphatic carbocycles. The van der Waals surface area contributed by atoms with Gasteiger partial charge in [-0.25, -0.2) is 0 Å². The molecule has 108 valence electrons.